The average Bonchev–Trinajstić information content (AvgIpc) is 3.07. The summed E-state index contributed by atoms with van der Waals surface area (Å²) in [5.41, 5.74) is 0.741. The zero-order chi connectivity index (χ0) is 16.9. The molecule has 0 radical (unpaired) electrons. The van der Waals surface area contributed by atoms with Gasteiger partial charge in [0.15, 0.2) is 0 Å². The van der Waals surface area contributed by atoms with Crippen molar-refractivity contribution < 1.29 is 16.8 Å². The first-order chi connectivity index (χ1) is 10.8. The lowest BCUT2D eigenvalue weighted by atomic mass is 10.2. The normalized spacial score (nSPS) is 16.7. The van der Waals surface area contributed by atoms with Gasteiger partial charge in [0.1, 0.15) is 0 Å². The minimum atomic E-state index is -3.42. The van der Waals surface area contributed by atoms with Gasteiger partial charge in [0.2, 0.25) is 20.0 Å². The molecule has 1 aliphatic rings. The maximum atomic E-state index is 12.4. The van der Waals surface area contributed by atoms with E-state index in [0.29, 0.717) is 19.5 Å². The van der Waals surface area contributed by atoms with Gasteiger partial charge in [-0.15, -0.1) is 0 Å². The Hall–Kier alpha value is -0.960. The highest BCUT2D eigenvalue weighted by Gasteiger charge is 2.26. The summed E-state index contributed by atoms with van der Waals surface area (Å²) in [6.45, 7) is 3.26. The number of rotatable bonds is 8. The van der Waals surface area contributed by atoms with Gasteiger partial charge in [-0.3, -0.25) is 0 Å². The zero-order valence-corrected chi connectivity index (χ0v) is 15.0. The molecule has 0 bridgehead atoms. The fraction of sp³-hybridized carbons (Fsp3) is 0.600. The van der Waals surface area contributed by atoms with Crippen LogP contribution in [0, 0.1) is 0 Å². The Bertz CT molecular complexity index is 706. The van der Waals surface area contributed by atoms with Gasteiger partial charge in [0, 0.05) is 19.6 Å². The SMILES string of the molecule is CCCCS(=O)(=O)NCc1ccc(S(=O)(=O)N2CCCC2)cc1. The predicted octanol–water partition coefficient (Wildman–Crippen LogP) is 1.69. The molecule has 130 valence electrons. The van der Waals surface area contributed by atoms with Crippen molar-refractivity contribution in [3.8, 4) is 0 Å². The number of benzene rings is 1. The van der Waals surface area contributed by atoms with Crippen LogP contribution in [0.3, 0.4) is 0 Å². The number of unbranched alkanes of at least 4 members (excludes halogenated alkanes) is 1. The fourth-order valence-electron chi connectivity index (χ4n) is 2.46. The number of hydrogen-bond donors (Lipinski definition) is 1. The van der Waals surface area contributed by atoms with Crippen LogP contribution in [0.5, 0.6) is 0 Å². The van der Waals surface area contributed by atoms with Gasteiger partial charge >= 0.3 is 0 Å². The molecule has 0 unspecified atom stereocenters. The number of nitrogens with zero attached hydrogens (tertiary/aromatic N) is 1. The first kappa shape index (κ1) is 18.4. The Kier molecular flexibility index (Phi) is 6.19. The van der Waals surface area contributed by atoms with Crippen molar-refractivity contribution in [2.45, 2.75) is 44.0 Å². The highest BCUT2D eigenvalue weighted by atomic mass is 32.2. The van der Waals surface area contributed by atoms with E-state index in [4.69, 9.17) is 0 Å². The molecule has 6 nitrogen and oxygen atoms in total. The molecule has 1 heterocycles. The van der Waals surface area contributed by atoms with Crippen molar-refractivity contribution in [1.29, 1.82) is 0 Å². The Morgan fingerprint density at radius 2 is 1.65 bits per heavy atom. The number of hydrogen-bond acceptors (Lipinski definition) is 4. The summed E-state index contributed by atoms with van der Waals surface area (Å²) in [5, 5.41) is 0. The van der Waals surface area contributed by atoms with Gasteiger partial charge < -0.3 is 0 Å². The van der Waals surface area contributed by atoms with Gasteiger partial charge in [0.05, 0.1) is 10.6 Å². The minimum Gasteiger partial charge on any atom is -0.212 e. The van der Waals surface area contributed by atoms with Crippen LogP contribution in [0.1, 0.15) is 38.2 Å². The van der Waals surface area contributed by atoms with Crippen LogP contribution in [0.4, 0.5) is 0 Å². The van der Waals surface area contributed by atoms with Crippen LogP contribution in [0.25, 0.3) is 0 Å². The molecule has 0 saturated carbocycles. The van der Waals surface area contributed by atoms with Crippen molar-refractivity contribution in [2.24, 2.45) is 0 Å². The van der Waals surface area contributed by atoms with Crippen LogP contribution in [0.15, 0.2) is 29.2 Å². The third-order valence-electron chi connectivity index (χ3n) is 3.89. The lowest BCUT2D eigenvalue weighted by Crippen LogP contribution is -2.28. The van der Waals surface area contributed by atoms with E-state index in [0.717, 1.165) is 24.8 Å². The van der Waals surface area contributed by atoms with Gasteiger partial charge in [0.25, 0.3) is 0 Å². The number of nitrogens with one attached hydrogen (secondary N) is 1. The van der Waals surface area contributed by atoms with Crippen LogP contribution in [-0.4, -0.2) is 40.0 Å². The van der Waals surface area contributed by atoms with E-state index in [9.17, 15) is 16.8 Å². The van der Waals surface area contributed by atoms with Gasteiger partial charge in [-0.1, -0.05) is 25.5 Å². The van der Waals surface area contributed by atoms with E-state index < -0.39 is 20.0 Å². The molecule has 1 N–H and O–H groups in total. The standard InChI is InChI=1S/C15H24N2O4S2/c1-2-3-12-22(18,19)16-13-14-6-8-15(9-7-14)23(20,21)17-10-4-5-11-17/h6-9,16H,2-5,10-13H2,1H3. The van der Waals surface area contributed by atoms with Gasteiger partial charge in [-0.05, 0) is 37.0 Å². The van der Waals surface area contributed by atoms with Crippen molar-refractivity contribution in [1.82, 2.24) is 9.03 Å². The van der Waals surface area contributed by atoms with E-state index in [1.807, 2.05) is 6.92 Å². The average molecular weight is 361 g/mol. The lowest BCUT2D eigenvalue weighted by Gasteiger charge is -2.15. The third-order valence-corrected chi connectivity index (χ3v) is 7.21. The van der Waals surface area contributed by atoms with E-state index in [1.54, 1.807) is 24.3 Å². The van der Waals surface area contributed by atoms with E-state index in [2.05, 4.69) is 4.72 Å². The molecule has 1 saturated heterocycles. The molecule has 23 heavy (non-hydrogen) atoms. The Labute approximate surface area is 139 Å². The molecule has 0 amide bonds. The fourth-order valence-corrected chi connectivity index (χ4v) is 5.17. The minimum absolute atomic E-state index is 0.116. The monoisotopic (exact) mass is 360 g/mol. The van der Waals surface area contributed by atoms with Crippen LogP contribution >= 0.6 is 0 Å². The molecule has 8 heteroatoms. The summed E-state index contributed by atoms with van der Waals surface area (Å²) < 4.78 is 52.3. The van der Waals surface area contributed by atoms with E-state index in [1.165, 1.54) is 4.31 Å². The van der Waals surface area contributed by atoms with E-state index >= 15 is 0 Å². The van der Waals surface area contributed by atoms with Crippen LogP contribution in [-0.2, 0) is 26.6 Å². The topological polar surface area (TPSA) is 83.5 Å². The smallest absolute Gasteiger partial charge is 0.212 e. The first-order valence-electron chi connectivity index (χ1n) is 7.91. The van der Waals surface area contributed by atoms with Crippen molar-refractivity contribution in [3.05, 3.63) is 29.8 Å². The highest BCUT2D eigenvalue weighted by Crippen LogP contribution is 2.21. The van der Waals surface area contributed by atoms with Crippen LogP contribution in [0.2, 0.25) is 0 Å². The largest absolute Gasteiger partial charge is 0.243 e. The molecule has 0 aliphatic carbocycles. The quantitative estimate of drug-likeness (QED) is 0.765. The summed E-state index contributed by atoms with van der Waals surface area (Å²) in [7, 11) is -6.69. The summed E-state index contributed by atoms with van der Waals surface area (Å²) >= 11 is 0. The second-order valence-electron chi connectivity index (χ2n) is 5.75. The molecule has 2 rings (SSSR count). The Balaban J connectivity index is 1.99. The summed E-state index contributed by atoms with van der Waals surface area (Å²) in [6.07, 6.45) is 3.25. The molecule has 1 fully saturated rings. The second kappa shape index (κ2) is 7.74. The third kappa shape index (κ3) is 5.00. The van der Waals surface area contributed by atoms with Gasteiger partial charge in [-0.2, -0.15) is 4.31 Å². The highest BCUT2D eigenvalue weighted by molar-refractivity contribution is 7.89. The van der Waals surface area contributed by atoms with Crippen molar-refractivity contribution >= 4 is 20.0 Å². The lowest BCUT2D eigenvalue weighted by molar-refractivity contribution is 0.477. The van der Waals surface area contributed by atoms with Crippen molar-refractivity contribution in [2.75, 3.05) is 18.8 Å². The molecular formula is C15H24N2O4S2. The second-order valence-corrected chi connectivity index (χ2v) is 9.61. The van der Waals surface area contributed by atoms with Crippen molar-refractivity contribution in [3.63, 3.8) is 0 Å². The molecule has 1 aliphatic heterocycles. The number of sulfonamides is 2. The molecule has 0 spiro atoms. The first-order valence-corrected chi connectivity index (χ1v) is 11.0. The molecule has 0 atom stereocenters. The van der Waals surface area contributed by atoms with Gasteiger partial charge in [-0.25, -0.2) is 21.6 Å². The molecular weight excluding hydrogens is 336 g/mol. The molecule has 1 aromatic rings. The molecule has 1 aromatic carbocycles. The maximum Gasteiger partial charge on any atom is 0.243 e. The summed E-state index contributed by atoms with van der Waals surface area (Å²) in [5.74, 6) is 0.116. The molecule has 0 aromatic heterocycles. The Morgan fingerprint density at radius 1 is 1.04 bits per heavy atom. The summed E-state index contributed by atoms with van der Waals surface area (Å²) in [4.78, 5) is 0.261. The van der Waals surface area contributed by atoms with E-state index in [-0.39, 0.29) is 17.2 Å². The maximum absolute atomic E-state index is 12.4. The summed E-state index contributed by atoms with van der Waals surface area (Å²) in [6, 6.07) is 6.41. The van der Waals surface area contributed by atoms with Crippen LogP contribution < -0.4 is 4.72 Å². The zero-order valence-electron chi connectivity index (χ0n) is 13.4. The Morgan fingerprint density at radius 3 is 2.22 bits per heavy atom. The predicted molar refractivity (Wildman–Crippen MR) is 90.0 cm³/mol.